The summed E-state index contributed by atoms with van der Waals surface area (Å²) in [5, 5.41) is 6.56. The van der Waals surface area contributed by atoms with Gasteiger partial charge in [-0.2, -0.15) is 0 Å². The maximum atomic E-state index is 6.55. The van der Waals surface area contributed by atoms with E-state index in [2.05, 4.69) is 103 Å². The number of fused-ring (bicyclic) bond motifs is 9. The number of hydrogen-bond donors (Lipinski definition) is 0. The van der Waals surface area contributed by atoms with E-state index >= 15 is 0 Å². The standard InChI is InChI=1S/C51H29N3O2S/c1-3-13-30(14-4-1)34-19-9-21-37-46-33(18-12-26-44(46)57-48(34)37)32-27-28-42-40(29-32)45-38(22-11-25-43(45)55-42)50-52-49(31-15-5-2-6-16-31)53-51(54-50)39-23-10-20-36-35-17-7-8-24-41(35)56-47(36)39/h1-29H. The highest BCUT2D eigenvalue weighted by atomic mass is 32.1. The van der Waals surface area contributed by atoms with Gasteiger partial charge in [-0.1, -0.05) is 140 Å². The van der Waals surface area contributed by atoms with Crippen LogP contribution < -0.4 is 0 Å². The third-order valence-corrected chi connectivity index (χ3v) is 12.2. The summed E-state index contributed by atoms with van der Waals surface area (Å²) >= 11 is 1.85. The van der Waals surface area contributed by atoms with Crippen LogP contribution >= 0.6 is 11.3 Å². The van der Waals surface area contributed by atoms with Crippen LogP contribution in [0, 0.1) is 0 Å². The van der Waals surface area contributed by atoms with Crippen molar-refractivity contribution in [2.45, 2.75) is 0 Å². The Balaban J connectivity index is 1.07. The van der Waals surface area contributed by atoms with Gasteiger partial charge < -0.3 is 8.83 Å². The summed E-state index contributed by atoms with van der Waals surface area (Å²) in [6, 6.07) is 60.9. The second-order valence-corrected chi connectivity index (χ2v) is 15.3. The van der Waals surface area contributed by atoms with Crippen molar-refractivity contribution >= 4 is 75.4 Å². The van der Waals surface area contributed by atoms with Crippen LogP contribution in [0.25, 0.3) is 120 Å². The lowest BCUT2D eigenvalue weighted by molar-refractivity contribution is 0.668. The van der Waals surface area contributed by atoms with E-state index in [0.717, 1.165) is 66.1 Å². The van der Waals surface area contributed by atoms with E-state index in [1.165, 1.54) is 36.9 Å². The second-order valence-electron chi connectivity index (χ2n) is 14.3. The molecule has 0 amide bonds. The zero-order valence-electron chi connectivity index (χ0n) is 30.3. The number of rotatable bonds is 5. The van der Waals surface area contributed by atoms with Gasteiger partial charge in [0, 0.05) is 52.8 Å². The summed E-state index contributed by atoms with van der Waals surface area (Å²) in [5.41, 5.74) is 10.5. The monoisotopic (exact) mass is 747 g/mol. The summed E-state index contributed by atoms with van der Waals surface area (Å²) in [5.74, 6) is 1.69. The van der Waals surface area contributed by atoms with Crippen molar-refractivity contribution in [3.05, 3.63) is 176 Å². The van der Waals surface area contributed by atoms with E-state index in [9.17, 15) is 0 Å². The molecule has 4 aromatic heterocycles. The number of hydrogen-bond acceptors (Lipinski definition) is 6. The average Bonchev–Trinajstić information content (AvgIpc) is 3.98. The second kappa shape index (κ2) is 12.6. The molecule has 8 aromatic carbocycles. The molecule has 0 N–H and O–H groups in total. The van der Waals surface area contributed by atoms with Gasteiger partial charge in [0.2, 0.25) is 0 Å². The molecule has 0 aliphatic rings. The maximum absolute atomic E-state index is 6.55. The Morgan fingerprint density at radius 1 is 0.351 bits per heavy atom. The summed E-state index contributed by atoms with van der Waals surface area (Å²) in [4.78, 5) is 15.4. The molecule has 0 unspecified atom stereocenters. The van der Waals surface area contributed by atoms with E-state index in [4.69, 9.17) is 23.8 Å². The topological polar surface area (TPSA) is 65.0 Å². The lowest BCUT2D eigenvalue weighted by Gasteiger charge is -2.10. The molecule has 0 spiro atoms. The molecule has 0 aliphatic carbocycles. The summed E-state index contributed by atoms with van der Waals surface area (Å²) in [7, 11) is 0. The molecule has 12 aromatic rings. The van der Waals surface area contributed by atoms with Crippen molar-refractivity contribution in [2.24, 2.45) is 0 Å². The minimum Gasteiger partial charge on any atom is -0.456 e. The third-order valence-electron chi connectivity index (χ3n) is 11.0. The molecule has 0 atom stereocenters. The molecule has 6 heteroatoms. The van der Waals surface area contributed by atoms with Gasteiger partial charge in [-0.15, -0.1) is 11.3 Å². The third kappa shape index (κ3) is 5.04. The fraction of sp³-hybridized carbons (Fsp3) is 0. The van der Waals surface area contributed by atoms with E-state index in [0.29, 0.717) is 17.5 Å². The van der Waals surface area contributed by atoms with Crippen LogP contribution in [0.1, 0.15) is 0 Å². The van der Waals surface area contributed by atoms with Gasteiger partial charge in [0.05, 0.1) is 5.56 Å². The number of nitrogens with zero attached hydrogens (tertiary/aromatic N) is 3. The molecule has 0 saturated carbocycles. The molecule has 4 heterocycles. The predicted octanol–water partition coefficient (Wildman–Crippen LogP) is 14.4. The molecule has 57 heavy (non-hydrogen) atoms. The van der Waals surface area contributed by atoms with Crippen LogP contribution in [0.5, 0.6) is 0 Å². The minimum atomic E-state index is 0.542. The number of thiophene rings is 1. The van der Waals surface area contributed by atoms with Crippen molar-refractivity contribution in [3.8, 4) is 56.4 Å². The van der Waals surface area contributed by atoms with Crippen molar-refractivity contribution in [2.75, 3.05) is 0 Å². The molecule has 0 fully saturated rings. The Bertz CT molecular complexity index is 3530. The summed E-state index contributed by atoms with van der Waals surface area (Å²) < 4.78 is 15.6. The Morgan fingerprint density at radius 3 is 1.82 bits per heavy atom. The number of furan rings is 2. The quantitative estimate of drug-likeness (QED) is 0.175. The van der Waals surface area contributed by atoms with Crippen molar-refractivity contribution < 1.29 is 8.83 Å². The molecule has 0 aliphatic heterocycles. The van der Waals surface area contributed by atoms with Gasteiger partial charge in [0.1, 0.15) is 22.3 Å². The first-order valence-electron chi connectivity index (χ1n) is 18.9. The molecule has 0 saturated heterocycles. The fourth-order valence-corrected chi connectivity index (χ4v) is 9.63. The van der Waals surface area contributed by atoms with Crippen LogP contribution in [-0.4, -0.2) is 15.0 Å². The largest absolute Gasteiger partial charge is 0.456 e. The molecule has 266 valence electrons. The molecular weight excluding hydrogens is 719 g/mol. The van der Waals surface area contributed by atoms with Gasteiger partial charge >= 0.3 is 0 Å². The first kappa shape index (κ1) is 31.9. The van der Waals surface area contributed by atoms with E-state index in [1.54, 1.807) is 0 Å². The Labute approximate surface area is 330 Å². The van der Waals surface area contributed by atoms with Gasteiger partial charge in [-0.25, -0.2) is 15.0 Å². The number of para-hydroxylation sites is 2. The Kier molecular flexibility index (Phi) is 7.03. The molecule has 0 bridgehead atoms. The van der Waals surface area contributed by atoms with Crippen molar-refractivity contribution in [1.29, 1.82) is 0 Å². The first-order chi connectivity index (χ1) is 28.2. The van der Waals surface area contributed by atoms with E-state index < -0.39 is 0 Å². The number of benzene rings is 8. The van der Waals surface area contributed by atoms with Gasteiger partial charge in [0.25, 0.3) is 0 Å². The normalized spacial score (nSPS) is 11.9. The fourth-order valence-electron chi connectivity index (χ4n) is 8.37. The van der Waals surface area contributed by atoms with Gasteiger partial charge in [-0.3, -0.25) is 0 Å². The Hall–Kier alpha value is -7.41. The van der Waals surface area contributed by atoms with Crippen LogP contribution in [0.2, 0.25) is 0 Å². The predicted molar refractivity (Wildman–Crippen MR) is 234 cm³/mol. The van der Waals surface area contributed by atoms with Crippen LogP contribution in [0.15, 0.2) is 185 Å². The molecular formula is C51H29N3O2S. The lowest BCUT2D eigenvalue weighted by Crippen LogP contribution is -2.00. The lowest BCUT2D eigenvalue weighted by atomic mass is 9.96. The first-order valence-corrected chi connectivity index (χ1v) is 19.7. The minimum absolute atomic E-state index is 0.542. The SMILES string of the molecule is c1ccc(-c2nc(-c3cccc4c3oc3ccccc34)nc(-c3cccc4oc5ccc(-c6cccc7sc8c(-c9ccccc9)cccc8c67)cc5c34)n2)cc1. The van der Waals surface area contributed by atoms with Gasteiger partial charge in [0.15, 0.2) is 17.5 Å². The highest BCUT2D eigenvalue weighted by Crippen LogP contribution is 2.45. The highest BCUT2D eigenvalue weighted by molar-refractivity contribution is 7.26. The summed E-state index contributed by atoms with van der Waals surface area (Å²) in [6.07, 6.45) is 0. The van der Waals surface area contributed by atoms with Crippen molar-refractivity contribution in [1.82, 2.24) is 15.0 Å². The average molecular weight is 748 g/mol. The zero-order valence-corrected chi connectivity index (χ0v) is 31.1. The van der Waals surface area contributed by atoms with E-state index in [-0.39, 0.29) is 0 Å². The maximum Gasteiger partial charge on any atom is 0.167 e. The molecule has 12 rings (SSSR count). The Morgan fingerprint density at radius 2 is 0.965 bits per heavy atom. The highest BCUT2D eigenvalue weighted by Gasteiger charge is 2.21. The summed E-state index contributed by atoms with van der Waals surface area (Å²) in [6.45, 7) is 0. The van der Waals surface area contributed by atoms with E-state index in [1.807, 2.05) is 84.1 Å². The molecule has 5 nitrogen and oxygen atoms in total. The van der Waals surface area contributed by atoms with Gasteiger partial charge in [-0.05, 0) is 58.7 Å². The molecule has 0 radical (unpaired) electrons. The van der Waals surface area contributed by atoms with Crippen LogP contribution in [0.4, 0.5) is 0 Å². The van der Waals surface area contributed by atoms with Crippen LogP contribution in [0.3, 0.4) is 0 Å². The number of aromatic nitrogens is 3. The zero-order chi connectivity index (χ0) is 37.5. The van der Waals surface area contributed by atoms with Crippen molar-refractivity contribution in [3.63, 3.8) is 0 Å². The smallest absolute Gasteiger partial charge is 0.167 e. The van der Waals surface area contributed by atoms with Crippen LogP contribution in [-0.2, 0) is 0 Å².